The summed E-state index contributed by atoms with van der Waals surface area (Å²) >= 11 is 0. The van der Waals surface area contributed by atoms with Crippen LogP contribution in [0.5, 0.6) is 0 Å². The molecule has 0 unspecified atom stereocenters. The Bertz CT molecular complexity index is 1070. The Morgan fingerprint density at radius 3 is 2.43 bits per heavy atom. The molecule has 2 aliphatic rings. The highest BCUT2D eigenvalue weighted by molar-refractivity contribution is 5.96. The van der Waals surface area contributed by atoms with E-state index in [2.05, 4.69) is 20.5 Å². The second-order valence-electron chi connectivity index (χ2n) is 8.34. The number of rotatable bonds is 7. The van der Waals surface area contributed by atoms with E-state index in [0.717, 1.165) is 5.82 Å². The third-order valence-corrected chi connectivity index (χ3v) is 5.89. The zero-order chi connectivity index (χ0) is 24.8. The first-order valence-corrected chi connectivity index (χ1v) is 11.5. The van der Waals surface area contributed by atoms with E-state index < -0.39 is 12.2 Å². The summed E-state index contributed by atoms with van der Waals surface area (Å²) in [6.07, 6.45) is 0.740. The molecule has 2 aliphatic heterocycles. The van der Waals surface area contributed by atoms with E-state index in [4.69, 9.17) is 4.74 Å². The second kappa shape index (κ2) is 10.9. The number of hydrogen-bond donors (Lipinski definition) is 2. The van der Waals surface area contributed by atoms with Gasteiger partial charge in [0, 0.05) is 38.7 Å². The van der Waals surface area contributed by atoms with Gasteiger partial charge >= 0.3 is 6.09 Å². The fraction of sp³-hybridized carbons (Fsp3) is 0.375. The molecule has 184 valence electrons. The van der Waals surface area contributed by atoms with Gasteiger partial charge in [0.15, 0.2) is 0 Å². The van der Waals surface area contributed by atoms with Crippen molar-refractivity contribution in [3.8, 4) is 0 Å². The van der Waals surface area contributed by atoms with Crippen LogP contribution < -0.4 is 20.4 Å². The molecule has 2 aromatic rings. The van der Waals surface area contributed by atoms with Crippen LogP contribution in [0.15, 0.2) is 48.7 Å². The Balaban J connectivity index is 1.24. The van der Waals surface area contributed by atoms with Crippen molar-refractivity contribution in [3.05, 3.63) is 54.2 Å². The summed E-state index contributed by atoms with van der Waals surface area (Å²) in [7, 11) is 0. The second-order valence-corrected chi connectivity index (χ2v) is 8.34. The zero-order valence-corrected chi connectivity index (χ0v) is 19.5. The van der Waals surface area contributed by atoms with E-state index >= 15 is 0 Å². The summed E-state index contributed by atoms with van der Waals surface area (Å²) in [4.78, 5) is 57.7. The van der Waals surface area contributed by atoms with Gasteiger partial charge in [-0.2, -0.15) is 0 Å². The van der Waals surface area contributed by atoms with E-state index in [1.165, 1.54) is 11.8 Å². The van der Waals surface area contributed by atoms with Crippen LogP contribution in [0.3, 0.4) is 0 Å². The molecule has 11 heteroatoms. The molecule has 1 atom stereocenters. The summed E-state index contributed by atoms with van der Waals surface area (Å²) in [6.45, 7) is 4.22. The number of pyridine rings is 1. The van der Waals surface area contributed by atoms with Gasteiger partial charge in [-0.05, 0) is 24.3 Å². The van der Waals surface area contributed by atoms with Crippen LogP contribution in [0.1, 0.15) is 17.3 Å². The van der Waals surface area contributed by atoms with Crippen molar-refractivity contribution in [2.45, 2.75) is 13.0 Å². The first-order valence-electron chi connectivity index (χ1n) is 11.5. The van der Waals surface area contributed by atoms with Crippen molar-refractivity contribution >= 4 is 35.3 Å². The van der Waals surface area contributed by atoms with Crippen LogP contribution in [-0.2, 0) is 14.3 Å². The van der Waals surface area contributed by atoms with Gasteiger partial charge in [-0.25, -0.2) is 9.78 Å². The molecule has 0 spiro atoms. The molecule has 2 saturated heterocycles. The molecule has 4 amide bonds. The van der Waals surface area contributed by atoms with Gasteiger partial charge < -0.3 is 25.2 Å². The molecule has 35 heavy (non-hydrogen) atoms. The van der Waals surface area contributed by atoms with Crippen LogP contribution in [0.4, 0.5) is 16.3 Å². The molecule has 0 saturated carbocycles. The summed E-state index contributed by atoms with van der Waals surface area (Å²) in [5.74, 6) is 0.175. The molecule has 0 aliphatic carbocycles. The normalized spacial score (nSPS) is 17.7. The van der Waals surface area contributed by atoms with Crippen molar-refractivity contribution in [2.75, 3.05) is 55.6 Å². The minimum atomic E-state index is -0.471. The molecule has 4 rings (SSSR count). The number of nitrogens with zero attached hydrogens (tertiary/aromatic N) is 4. The number of piperazine rings is 1. The molecule has 3 heterocycles. The SMILES string of the molecule is CC(=O)NC[C@H]1CN(c2ccc(N3CCN(C(=O)CNC(=O)c4ccccc4)CC3)nc2)C(=O)O1. The standard InChI is InChI=1S/C24H28N6O5/c1-17(31)25-14-20-16-30(24(34)35-20)19-7-8-21(26-13-19)28-9-11-29(12-10-28)22(32)15-27-23(33)18-5-3-2-4-6-18/h2-8,13,20H,9-12,14-16H2,1H3,(H,25,31)(H,27,33)/t20-/m0/s1. The van der Waals surface area contributed by atoms with Crippen LogP contribution in [0, 0.1) is 0 Å². The average Bonchev–Trinajstić information content (AvgIpc) is 3.27. The Hall–Kier alpha value is -4.15. The third-order valence-electron chi connectivity index (χ3n) is 5.89. The van der Waals surface area contributed by atoms with Gasteiger partial charge in [0.05, 0.1) is 31.5 Å². The lowest BCUT2D eigenvalue weighted by atomic mass is 10.2. The van der Waals surface area contributed by atoms with Crippen molar-refractivity contribution < 1.29 is 23.9 Å². The lowest BCUT2D eigenvalue weighted by Gasteiger charge is -2.35. The number of amides is 4. The number of nitrogens with one attached hydrogen (secondary N) is 2. The molecule has 0 radical (unpaired) electrons. The maximum absolute atomic E-state index is 12.5. The Morgan fingerprint density at radius 1 is 1.03 bits per heavy atom. The highest BCUT2D eigenvalue weighted by atomic mass is 16.6. The van der Waals surface area contributed by atoms with Crippen LogP contribution in [-0.4, -0.2) is 85.6 Å². The molecular formula is C24H28N6O5. The number of cyclic esters (lactones) is 1. The number of carbonyl (C=O) groups excluding carboxylic acids is 4. The molecule has 0 bridgehead atoms. The van der Waals surface area contributed by atoms with Crippen molar-refractivity contribution in [3.63, 3.8) is 0 Å². The van der Waals surface area contributed by atoms with E-state index in [9.17, 15) is 19.2 Å². The Morgan fingerprint density at radius 2 is 1.77 bits per heavy atom. The summed E-state index contributed by atoms with van der Waals surface area (Å²) in [5, 5.41) is 5.32. The number of carbonyl (C=O) groups is 4. The number of aromatic nitrogens is 1. The largest absolute Gasteiger partial charge is 0.442 e. The summed E-state index contributed by atoms with van der Waals surface area (Å²) in [5.41, 5.74) is 1.14. The number of anilines is 2. The minimum Gasteiger partial charge on any atom is -0.442 e. The quantitative estimate of drug-likeness (QED) is 0.595. The van der Waals surface area contributed by atoms with Gasteiger partial charge in [-0.1, -0.05) is 18.2 Å². The van der Waals surface area contributed by atoms with Gasteiger partial charge in [0.25, 0.3) is 5.91 Å². The Labute approximate surface area is 203 Å². The zero-order valence-electron chi connectivity index (χ0n) is 19.5. The van der Waals surface area contributed by atoms with Crippen LogP contribution in [0.25, 0.3) is 0 Å². The number of ether oxygens (including phenoxy) is 1. The van der Waals surface area contributed by atoms with Crippen LogP contribution in [0.2, 0.25) is 0 Å². The molecule has 2 fully saturated rings. The van der Waals surface area contributed by atoms with E-state index in [1.54, 1.807) is 41.4 Å². The number of benzene rings is 1. The molecule has 1 aromatic heterocycles. The highest BCUT2D eigenvalue weighted by Crippen LogP contribution is 2.23. The monoisotopic (exact) mass is 480 g/mol. The molecular weight excluding hydrogens is 452 g/mol. The lowest BCUT2D eigenvalue weighted by molar-refractivity contribution is -0.130. The first kappa shape index (κ1) is 24.0. The van der Waals surface area contributed by atoms with Gasteiger partial charge in [-0.3, -0.25) is 19.3 Å². The fourth-order valence-corrected chi connectivity index (χ4v) is 3.97. The van der Waals surface area contributed by atoms with Gasteiger partial charge in [0.1, 0.15) is 11.9 Å². The first-order chi connectivity index (χ1) is 16.9. The average molecular weight is 481 g/mol. The van der Waals surface area contributed by atoms with Crippen molar-refractivity contribution in [1.82, 2.24) is 20.5 Å². The molecule has 11 nitrogen and oxygen atoms in total. The van der Waals surface area contributed by atoms with E-state index in [-0.39, 0.29) is 30.8 Å². The minimum absolute atomic E-state index is 0.0461. The molecule has 2 N–H and O–H groups in total. The summed E-state index contributed by atoms with van der Waals surface area (Å²) in [6, 6.07) is 12.4. The van der Waals surface area contributed by atoms with Crippen molar-refractivity contribution in [1.29, 1.82) is 0 Å². The number of hydrogen-bond acceptors (Lipinski definition) is 7. The van der Waals surface area contributed by atoms with E-state index in [1.807, 2.05) is 12.1 Å². The predicted molar refractivity (Wildman–Crippen MR) is 128 cm³/mol. The topological polar surface area (TPSA) is 124 Å². The lowest BCUT2D eigenvalue weighted by Crippen LogP contribution is -2.51. The Kier molecular flexibility index (Phi) is 7.44. The molecule has 1 aromatic carbocycles. The highest BCUT2D eigenvalue weighted by Gasteiger charge is 2.32. The van der Waals surface area contributed by atoms with Gasteiger partial charge in [-0.15, -0.1) is 0 Å². The predicted octanol–water partition coefficient (Wildman–Crippen LogP) is 0.622. The maximum atomic E-state index is 12.5. The van der Waals surface area contributed by atoms with Crippen molar-refractivity contribution in [2.24, 2.45) is 0 Å². The third kappa shape index (κ3) is 6.05. The van der Waals surface area contributed by atoms with Crippen LogP contribution >= 0.6 is 0 Å². The summed E-state index contributed by atoms with van der Waals surface area (Å²) < 4.78 is 5.29. The maximum Gasteiger partial charge on any atom is 0.414 e. The van der Waals surface area contributed by atoms with Gasteiger partial charge in [0.2, 0.25) is 11.8 Å². The fourth-order valence-electron chi connectivity index (χ4n) is 3.97. The smallest absolute Gasteiger partial charge is 0.414 e. The van der Waals surface area contributed by atoms with E-state index in [0.29, 0.717) is 44.0 Å².